The average molecular weight is 512 g/mol. The van der Waals surface area contributed by atoms with Crippen LogP contribution in [0.25, 0.3) is 11.4 Å². The number of nitrogens with zero attached hydrogens (tertiary/aromatic N) is 3. The standard InChI is InChI=1S/C25H16N4OS.C2H6.CH5N.CH2O/c26-13-16-5-8-19(9-6-16)24-27-14-18(15-28-24)11-17-7-10-23-21(12-17)29-25(30)20-3-1-2-4-22(20)31-23;3*1-2/h1-10,12,14-15H,11H2,(H,29,30);1-2H3;2H2,1H3;1H2. The Morgan fingerprint density at radius 3 is 2.22 bits per heavy atom. The van der Waals surface area contributed by atoms with Crippen LogP contribution in [0.5, 0.6) is 0 Å². The number of nitrogens with one attached hydrogen (secondary N) is 1. The van der Waals surface area contributed by atoms with E-state index < -0.39 is 0 Å². The third-order valence-corrected chi connectivity index (χ3v) is 6.18. The van der Waals surface area contributed by atoms with Gasteiger partial charge in [-0.05, 0) is 66.7 Å². The van der Waals surface area contributed by atoms with Crippen LogP contribution in [0, 0.1) is 11.3 Å². The largest absolute Gasteiger partial charge is 0.333 e. The van der Waals surface area contributed by atoms with E-state index in [4.69, 9.17) is 10.1 Å². The van der Waals surface area contributed by atoms with Crippen molar-refractivity contribution >= 4 is 30.1 Å². The molecule has 0 atom stereocenters. The maximum atomic E-state index is 12.6. The zero-order valence-corrected chi connectivity index (χ0v) is 21.9. The minimum atomic E-state index is -0.0888. The summed E-state index contributed by atoms with van der Waals surface area (Å²) in [6, 6.07) is 23.1. The van der Waals surface area contributed by atoms with Crippen molar-refractivity contribution in [2.45, 2.75) is 30.1 Å². The maximum absolute atomic E-state index is 12.6. The molecular weight excluding hydrogens is 482 g/mol. The number of rotatable bonds is 3. The molecule has 3 N–H and O–H groups in total. The summed E-state index contributed by atoms with van der Waals surface area (Å²) in [5.41, 5.74) is 9.54. The lowest BCUT2D eigenvalue weighted by Gasteiger charge is -2.09. The fraction of sp³-hybridized carbons (Fsp3) is 0.138. The molecule has 1 aromatic heterocycles. The first-order chi connectivity index (χ1) is 18.2. The van der Waals surface area contributed by atoms with Crippen LogP contribution >= 0.6 is 11.8 Å². The Labute approximate surface area is 221 Å². The third kappa shape index (κ3) is 7.34. The van der Waals surface area contributed by atoms with Crippen molar-refractivity contribution < 1.29 is 9.59 Å². The van der Waals surface area contributed by atoms with Crippen LogP contribution < -0.4 is 11.1 Å². The highest BCUT2D eigenvalue weighted by molar-refractivity contribution is 7.99. The monoisotopic (exact) mass is 511 g/mol. The number of nitriles is 1. The lowest BCUT2D eigenvalue weighted by atomic mass is 10.1. The van der Waals surface area contributed by atoms with Gasteiger partial charge in [0, 0.05) is 34.2 Å². The molecule has 0 radical (unpaired) electrons. The van der Waals surface area contributed by atoms with Crippen molar-refractivity contribution in [3.05, 3.63) is 101 Å². The van der Waals surface area contributed by atoms with E-state index in [9.17, 15) is 4.79 Å². The molecule has 0 bridgehead atoms. The number of hydrogen-bond acceptors (Lipinski definition) is 7. The van der Waals surface area contributed by atoms with Gasteiger partial charge in [-0.3, -0.25) is 4.79 Å². The number of aromatic nitrogens is 2. The van der Waals surface area contributed by atoms with Gasteiger partial charge in [-0.15, -0.1) is 0 Å². The molecule has 37 heavy (non-hydrogen) atoms. The van der Waals surface area contributed by atoms with E-state index in [1.807, 2.05) is 81.6 Å². The summed E-state index contributed by atoms with van der Waals surface area (Å²) in [4.78, 5) is 31.5. The minimum absolute atomic E-state index is 0.0888. The van der Waals surface area contributed by atoms with Crippen LogP contribution in [0.4, 0.5) is 5.69 Å². The highest BCUT2D eigenvalue weighted by atomic mass is 32.2. The second-order valence-electron chi connectivity index (χ2n) is 7.16. The molecule has 4 aromatic rings. The Balaban J connectivity index is 0.000000750. The molecule has 0 aliphatic carbocycles. The van der Waals surface area contributed by atoms with Crippen LogP contribution in [-0.4, -0.2) is 29.7 Å². The molecular formula is C29H29N5O2S. The van der Waals surface area contributed by atoms with E-state index in [-0.39, 0.29) is 5.91 Å². The van der Waals surface area contributed by atoms with E-state index in [1.54, 1.807) is 23.9 Å². The summed E-state index contributed by atoms with van der Waals surface area (Å²) in [7, 11) is 1.50. The molecule has 2 heterocycles. The first-order valence-electron chi connectivity index (χ1n) is 11.6. The Bertz CT molecular complexity index is 1350. The predicted octanol–water partition coefficient (Wildman–Crippen LogP) is 5.74. The lowest BCUT2D eigenvalue weighted by Crippen LogP contribution is -2.11. The van der Waals surface area contributed by atoms with E-state index in [0.29, 0.717) is 23.4 Å². The van der Waals surface area contributed by atoms with Gasteiger partial charge in [-0.2, -0.15) is 5.26 Å². The normalized spacial score (nSPS) is 10.6. The van der Waals surface area contributed by atoms with Crippen molar-refractivity contribution in [2.24, 2.45) is 5.73 Å². The van der Waals surface area contributed by atoms with Gasteiger partial charge >= 0.3 is 0 Å². The van der Waals surface area contributed by atoms with Crippen LogP contribution in [0.3, 0.4) is 0 Å². The van der Waals surface area contributed by atoms with Gasteiger partial charge in [0.1, 0.15) is 6.79 Å². The molecule has 1 aliphatic rings. The SMILES string of the molecule is C=O.CC.CN.N#Cc1ccc(-c2ncc(Cc3ccc4c(c3)NC(=O)c3ccccc3S4)cn2)cc1. The Hall–Kier alpha value is -4.32. The Morgan fingerprint density at radius 2 is 1.57 bits per heavy atom. The molecule has 0 fully saturated rings. The summed E-state index contributed by atoms with van der Waals surface area (Å²) in [6.45, 7) is 6.00. The number of hydrogen-bond donors (Lipinski definition) is 2. The summed E-state index contributed by atoms with van der Waals surface area (Å²) >= 11 is 1.60. The summed E-state index contributed by atoms with van der Waals surface area (Å²) in [5.74, 6) is 0.533. The highest BCUT2D eigenvalue weighted by Crippen LogP contribution is 2.39. The van der Waals surface area contributed by atoms with Crippen LogP contribution in [0.15, 0.2) is 88.9 Å². The highest BCUT2D eigenvalue weighted by Gasteiger charge is 2.19. The van der Waals surface area contributed by atoms with E-state index >= 15 is 0 Å². The van der Waals surface area contributed by atoms with Crippen molar-refractivity contribution in [2.75, 3.05) is 12.4 Å². The molecule has 0 saturated heterocycles. The second kappa shape index (κ2) is 14.9. The lowest BCUT2D eigenvalue weighted by molar-refractivity contribution is -0.0980. The molecule has 0 unspecified atom stereocenters. The molecule has 188 valence electrons. The summed E-state index contributed by atoms with van der Waals surface area (Å²) in [6.07, 6.45) is 4.29. The van der Waals surface area contributed by atoms with E-state index in [1.165, 1.54) is 7.05 Å². The number of anilines is 1. The number of carbonyl (C=O) groups excluding carboxylic acids is 2. The number of nitrogens with two attached hydrogens (primary N) is 1. The first-order valence-corrected chi connectivity index (χ1v) is 12.4. The number of benzene rings is 3. The number of carbonyl (C=O) groups is 2. The zero-order chi connectivity index (χ0) is 27.2. The quantitative estimate of drug-likeness (QED) is 0.360. The van der Waals surface area contributed by atoms with Crippen molar-refractivity contribution in [3.63, 3.8) is 0 Å². The second-order valence-corrected chi connectivity index (χ2v) is 8.25. The van der Waals surface area contributed by atoms with E-state index in [0.717, 1.165) is 32.2 Å². The minimum Gasteiger partial charge on any atom is -0.333 e. The molecule has 8 heteroatoms. The Kier molecular flexibility index (Phi) is 11.7. The van der Waals surface area contributed by atoms with Crippen molar-refractivity contribution in [3.8, 4) is 17.5 Å². The fourth-order valence-corrected chi connectivity index (χ4v) is 4.46. The molecule has 1 amide bonds. The van der Waals surface area contributed by atoms with Crippen molar-refractivity contribution in [1.29, 1.82) is 5.26 Å². The average Bonchev–Trinajstić information content (AvgIpc) is 3.12. The third-order valence-electron chi connectivity index (χ3n) is 5.03. The van der Waals surface area contributed by atoms with Gasteiger partial charge in [0.15, 0.2) is 5.82 Å². The van der Waals surface area contributed by atoms with Crippen molar-refractivity contribution in [1.82, 2.24) is 9.97 Å². The van der Waals surface area contributed by atoms with Crippen LogP contribution in [-0.2, 0) is 11.2 Å². The summed E-state index contributed by atoms with van der Waals surface area (Å²) < 4.78 is 0. The van der Waals surface area contributed by atoms with Gasteiger partial charge in [0.25, 0.3) is 5.91 Å². The van der Waals surface area contributed by atoms with Gasteiger partial charge < -0.3 is 15.8 Å². The molecule has 1 aliphatic heterocycles. The topological polar surface area (TPSA) is 122 Å². The molecule has 0 spiro atoms. The Morgan fingerprint density at radius 1 is 0.919 bits per heavy atom. The van der Waals surface area contributed by atoms with E-state index in [2.05, 4.69) is 33.2 Å². The summed E-state index contributed by atoms with van der Waals surface area (Å²) in [5, 5.41) is 12.0. The fourth-order valence-electron chi connectivity index (χ4n) is 3.45. The van der Waals surface area contributed by atoms with Crippen LogP contribution in [0.2, 0.25) is 0 Å². The van der Waals surface area contributed by atoms with Gasteiger partial charge in [0.2, 0.25) is 0 Å². The number of fused-ring (bicyclic) bond motifs is 2. The van der Waals surface area contributed by atoms with Gasteiger partial charge in [0.05, 0.1) is 22.9 Å². The number of amides is 1. The molecule has 7 nitrogen and oxygen atoms in total. The van der Waals surface area contributed by atoms with Gasteiger partial charge in [-0.25, -0.2) is 9.97 Å². The maximum Gasteiger partial charge on any atom is 0.256 e. The smallest absolute Gasteiger partial charge is 0.256 e. The first kappa shape index (κ1) is 28.9. The molecule has 0 saturated carbocycles. The molecule has 3 aromatic carbocycles. The van der Waals surface area contributed by atoms with Crippen LogP contribution in [0.1, 0.15) is 40.9 Å². The van der Waals surface area contributed by atoms with Gasteiger partial charge in [-0.1, -0.05) is 43.8 Å². The zero-order valence-electron chi connectivity index (χ0n) is 21.1. The molecule has 5 rings (SSSR count). The predicted molar refractivity (Wildman–Crippen MR) is 149 cm³/mol.